The number of methoxy groups -OCH3 is 1. The highest BCUT2D eigenvalue weighted by Gasteiger charge is 2.39. The van der Waals surface area contributed by atoms with Crippen LogP contribution >= 0.6 is 0 Å². The van der Waals surface area contributed by atoms with Gasteiger partial charge in [-0.05, 0) is 49.3 Å². The summed E-state index contributed by atoms with van der Waals surface area (Å²) in [5.41, 5.74) is 8.14. The van der Waals surface area contributed by atoms with Crippen molar-refractivity contribution in [2.75, 3.05) is 25.1 Å². The number of nitrogens with zero attached hydrogens (tertiary/aromatic N) is 1. The van der Waals surface area contributed by atoms with Crippen LogP contribution < -0.4 is 15.4 Å². The molecule has 0 radical (unpaired) electrons. The van der Waals surface area contributed by atoms with Gasteiger partial charge in [0.25, 0.3) is 0 Å². The zero-order valence-corrected chi connectivity index (χ0v) is 12.7. The SMILES string of the molecule is COc1cccc2c1N(C(=O)CC1(CN)CCC1)CCC2. The molecular weight excluding hydrogens is 264 g/mol. The summed E-state index contributed by atoms with van der Waals surface area (Å²) >= 11 is 0. The van der Waals surface area contributed by atoms with Crippen molar-refractivity contribution in [3.63, 3.8) is 0 Å². The largest absolute Gasteiger partial charge is 0.495 e. The second kappa shape index (κ2) is 5.68. The van der Waals surface area contributed by atoms with Gasteiger partial charge in [0.15, 0.2) is 0 Å². The number of aryl methyl sites for hydroxylation is 1. The summed E-state index contributed by atoms with van der Waals surface area (Å²) in [5, 5.41) is 0. The standard InChI is InChI=1S/C17H24N2O2/c1-21-14-7-2-5-13-6-3-10-19(16(13)14)15(20)11-17(12-18)8-4-9-17/h2,5,7H,3-4,6,8-12,18H2,1H3. The Labute approximate surface area is 126 Å². The fourth-order valence-corrected chi connectivity index (χ4v) is 3.58. The molecule has 0 saturated heterocycles. The van der Waals surface area contributed by atoms with Crippen LogP contribution in [0.3, 0.4) is 0 Å². The average Bonchev–Trinajstić information content (AvgIpc) is 2.49. The minimum absolute atomic E-state index is 0.0523. The topological polar surface area (TPSA) is 55.6 Å². The maximum Gasteiger partial charge on any atom is 0.227 e. The summed E-state index contributed by atoms with van der Waals surface area (Å²) in [7, 11) is 1.67. The molecule has 4 nitrogen and oxygen atoms in total. The molecule has 2 aliphatic rings. The molecule has 21 heavy (non-hydrogen) atoms. The minimum Gasteiger partial charge on any atom is -0.495 e. The molecule has 4 heteroatoms. The monoisotopic (exact) mass is 288 g/mol. The van der Waals surface area contributed by atoms with Gasteiger partial charge in [-0.15, -0.1) is 0 Å². The number of fused-ring (bicyclic) bond motifs is 1. The van der Waals surface area contributed by atoms with Crippen LogP contribution in [0.2, 0.25) is 0 Å². The fraction of sp³-hybridized carbons (Fsp3) is 0.588. The van der Waals surface area contributed by atoms with Crippen LogP contribution in [-0.2, 0) is 11.2 Å². The Hall–Kier alpha value is -1.55. The lowest BCUT2D eigenvalue weighted by atomic mass is 9.66. The van der Waals surface area contributed by atoms with Gasteiger partial charge in [0.05, 0.1) is 12.8 Å². The maximum absolute atomic E-state index is 12.8. The van der Waals surface area contributed by atoms with Crippen LogP contribution in [0.4, 0.5) is 5.69 Å². The number of carbonyl (C=O) groups excluding carboxylic acids is 1. The van der Waals surface area contributed by atoms with Gasteiger partial charge in [-0.25, -0.2) is 0 Å². The highest BCUT2D eigenvalue weighted by atomic mass is 16.5. The molecule has 2 N–H and O–H groups in total. The first-order valence-electron chi connectivity index (χ1n) is 7.85. The third-order valence-electron chi connectivity index (χ3n) is 5.07. The summed E-state index contributed by atoms with van der Waals surface area (Å²) < 4.78 is 5.47. The summed E-state index contributed by atoms with van der Waals surface area (Å²) in [6, 6.07) is 6.03. The van der Waals surface area contributed by atoms with E-state index in [-0.39, 0.29) is 11.3 Å². The van der Waals surface area contributed by atoms with Gasteiger partial charge in [-0.2, -0.15) is 0 Å². The Morgan fingerprint density at radius 3 is 2.81 bits per heavy atom. The van der Waals surface area contributed by atoms with Crippen molar-refractivity contribution in [1.82, 2.24) is 0 Å². The summed E-state index contributed by atoms with van der Waals surface area (Å²) in [6.07, 6.45) is 5.97. The van der Waals surface area contributed by atoms with Gasteiger partial charge in [0.2, 0.25) is 5.91 Å². The molecule has 0 aromatic heterocycles. The first-order chi connectivity index (χ1) is 10.2. The molecule has 1 saturated carbocycles. The molecule has 0 bridgehead atoms. The lowest BCUT2D eigenvalue weighted by Crippen LogP contribution is -2.44. The minimum atomic E-state index is 0.0523. The van der Waals surface area contributed by atoms with E-state index in [1.807, 2.05) is 17.0 Å². The van der Waals surface area contributed by atoms with Crippen LogP contribution in [0, 0.1) is 5.41 Å². The number of nitrogens with two attached hydrogens (primary N) is 1. The van der Waals surface area contributed by atoms with E-state index >= 15 is 0 Å². The molecular formula is C17H24N2O2. The summed E-state index contributed by atoms with van der Waals surface area (Å²) in [5.74, 6) is 1.00. The van der Waals surface area contributed by atoms with Crippen molar-refractivity contribution in [3.05, 3.63) is 23.8 Å². The number of anilines is 1. The molecule has 0 unspecified atom stereocenters. The van der Waals surface area contributed by atoms with E-state index in [0.717, 1.165) is 43.7 Å². The van der Waals surface area contributed by atoms with E-state index in [2.05, 4.69) is 6.07 Å². The van der Waals surface area contributed by atoms with E-state index in [1.165, 1.54) is 12.0 Å². The third kappa shape index (κ3) is 2.53. The lowest BCUT2D eigenvalue weighted by molar-refractivity contribution is -0.122. The van der Waals surface area contributed by atoms with Crippen LogP contribution in [0.15, 0.2) is 18.2 Å². The van der Waals surface area contributed by atoms with Crippen molar-refractivity contribution in [2.45, 2.75) is 38.5 Å². The molecule has 0 spiro atoms. The number of para-hydroxylation sites is 1. The molecule has 1 fully saturated rings. The van der Waals surface area contributed by atoms with Crippen LogP contribution in [0.25, 0.3) is 0 Å². The normalized spacial score (nSPS) is 19.6. The number of rotatable bonds is 4. The Morgan fingerprint density at radius 1 is 1.38 bits per heavy atom. The van der Waals surface area contributed by atoms with Crippen molar-refractivity contribution >= 4 is 11.6 Å². The van der Waals surface area contributed by atoms with E-state index < -0.39 is 0 Å². The Balaban J connectivity index is 1.86. The zero-order valence-electron chi connectivity index (χ0n) is 12.7. The third-order valence-corrected chi connectivity index (χ3v) is 5.07. The molecule has 1 aliphatic heterocycles. The highest BCUT2D eigenvalue weighted by molar-refractivity contribution is 5.96. The van der Waals surface area contributed by atoms with Gasteiger partial charge in [-0.3, -0.25) is 4.79 Å². The van der Waals surface area contributed by atoms with E-state index in [9.17, 15) is 4.79 Å². The molecule has 1 heterocycles. The summed E-state index contributed by atoms with van der Waals surface area (Å²) in [4.78, 5) is 14.7. The van der Waals surface area contributed by atoms with E-state index in [4.69, 9.17) is 10.5 Å². The van der Waals surface area contributed by atoms with Crippen molar-refractivity contribution in [2.24, 2.45) is 11.1 Å². The number of benzene rings is 1. The first-order valence-corrected chi connectivity index (χ1v) is 7.85. The fourth-order valence-electron chi connectivity index (χ4n) is 3.58. The Bertz CT molecular complexity index is 518. The predicted octanol–water partition coefficient (Wildman–Crippen LogP) is 2.49. The zero-order chi connectivity index (χ0) is 14.9. The van der Waals surface area contributed by atoms with Crippen molar-refractivity contribution in [1.29, 1.82) is 0 Å². The van der Waals surface area contributed by atoms with Gasteiger partial charge in [0, 0.05) is 13.0 Å². The number of hydrogen-bond donors (Lipinski definition) is 1. The van der Waals surface area contributed by atoms with Gasteiger partial charge >= 0.3 is 0 Å². The smallest absolute Gasteiger partial charge is 0.227 e. The molecule has 1 aromatic carbocycles. The first kappa shape index (κ1) is 14.4. The number of hydrogen-bond acceptors (Lipinski definition) is 3. The predicted molar refractivity (Wildman–Crippen MR) is 83.6 cm³/mol. The second-order valence-electron chi connectivity index (χ2n) is 6.35. The van der Waals surface area contributed by atoms with Crippen LogP contribution in [0.5, 0.6) is 5.75 Å². The number of carbonyl (C=O) groups is 1. The molecule has 0 atom stereocenters. The molecule has 1 amide bonds. The van der Waals surface area contributed by atoms with Gasteiger partial charge in [-0.1, -0.05) is 18.6 Å². The molecule has 1 aromatic rings. The van der Waals surface area contributed by atoms with Crippen molar-refractivity contribution in [3.8, 4) is 5.75 Å². The van der Waals surface area contributed by atoms with Gasteiger partial charge < -0.3 is 15.4 Å². The number of ether oxygens (including phenoxy) is 1. The maximum atomic E-state index is 12.8. The highest BCUT2D eigenvalue weighted by Crippen LogP contribution is 2.44. The van der Waals surface area contributed by atoms with E-state index in [0.29, 0.717) is 13.0 Å². The van der Waals surface area contributed by atoms with Crippen molar-refractivity contribution < 1.29 is 9.53 Å². The average molecular weight is 288 g/mol. The van der Waals surface area contributed by atoms with E-state index in [1.54, 1.807) is 7.11 Å². The van der Waals surface area contributed by atoms with Crippen LogP contribution in [-0.4, -0.2) is 26.1 Å². The second-order valence-corrected chi connectivity index (χ2v) is 6.35. The number of amides is 1. The Morgan fingerprint density at radius 2 is 2.19 bits per heavy atom. The van der Waals surface area contributed by atoms with Crippen LogP contribution in [0.1, 0.15) is 37.7 Å². The quantitative estimate of drug-likeness (QED) is 0.926. The molecule has 1 aliphatic carbocycles. The Kier molecular flexibility index (Phi) is 3.89. The molecule has 3 rings (SSSR count). The molecule has 114 valence electrons. The summed E-state index contributed by atoms with van der Waals surface area (Å²) in [6.45, 7) is 1.40. The lowest BCUT2D eigenvalue weighted by Gasteiger charge is -2.42. The van der Waals surface area contributed by atoms with Gasteiger partial charge in [0.1, 0.15) is 5.75 Å².